The Morgan fingerprint density at radius 3 is 2.47 bits per heavy atom. The van der Waals surface area contributed by atoms with E-state index in [1.54, 1.807) is 12.1 Å². The van der Waals surface area contributed by atoms with Crippen molar-refractivity contribution in [3.8, 4) is 16.9 Å². The van der Waals surface area contributed by atoms with Crippen LogP contribution in [0.2, 0.25) is 0 Å². The van der Waals surface area contributed by atoms with Gasteiger partial charge in [-0.05, 0) is 65.9 Å². The second-order valence-electron chi connectivity index (χ2n) is 8.14. The molecule has 0 aliphatic carbocycles. The zero-order valence-corrected chi connectivity index (χ0v) is 19.0. The molecule has 0 aliphatic heterocycles. The summed E-state index contributed by atoms with van der Waals surface area (Å²) >= 11 is 0. The standard InChI is InChI=1S/C27H23F3N2O2/c1-16-12-19(10-11-24(16)34-18(3)33)15-31-21-7-4-6-20(13-21)25-17(2)14-32-26-22(25)8-5-9-23(26)27(28,29)30/h4-14,31H,15H2,1-3H3. The number of nitrogens with one attached hydrogen (secondary N) is 1. The minimum Gasteiger partial charge on any atom is -0.426 e. The number of hydrogen-bond acceptors (Lipinski definition) is 4. The van der Waals surface area contributed by atoms with Crippen molar-refractivity contribution in [1.82, 2.24) is 4.98 Å². The quantitative estimate of drug-likeness (QED) is 0.253. The second-order valence-corrected chi connectivity index (χ2v) is 8.14. The van der Waals surface area contributed by atoms with Gasteiger partial charge in [0, 0.05) is 30.7 Å². The van der Waals surface area contributed by atoms with Crippen LogP contribution in [-0.2, 0) is 17.5 Å². The number of aryl methyl sites for hydroxylation is 2. The third-order valence-corrected chi connectivity index (χ3v) is 5.53. The summed E-state index contributed by atoms with van der Waals surface area (Å²) in [5.74, 6) is 0.156. The number of hydrogen-bond donors (Lipinski definition) is 1. The van der Waals surface area contributed by atoms with Crippen LogP contribution < -0.4 is 10.1 Å². The van der Waals surface area contributed by atoms with Crippen LogP contribution >= 0.6 is 0 Å². The van der Waals surface area contributed by atoms with Gasteiger partial charge < -0.3 is 10.1 Å². The van der Waals surface area contributed by atoms with E-state index in [-0.39, 0.29) is 11.5 Å². The van der Waals surface area contributed by atoms with Crippen LogP contribution in [-0.4, -0.2) is 11.0 Å². The molecule has 4 nitrogen and oxygen atoms in total. The number of carbonyl (C=O) groups is 1. The highest BCUT2D eigenvalue weighted by Crippen LogP contribution is 2.38. The predicted octanol–water partition coefficient (Wildman–Crippen LogP) is 7.07. The summed E-state index contributed by atoms with van der Waals surface area (Å²) in [6.45, 7) is 5.60. The Kier molecular flexibility index (Phi) is 6.28. The highest BCUT2D eigenvalue weighted by molar-refractivity contribution is 5.98. The molecule has 1 aromatic heterocycles. The molecule has 0 saturated heterocycles. The van der Waals surface area contributed by atoms with Gasteiger partial charge in [-0.3, -0.25) is 9.78 Å². The van der Waals surface area contributed by atoms with Crippen LogP contribution in [0.5, 0.6) is 5.75 Å². The van der Waals surface area contributed by atoms with Gasteiger partial charge in [0.2, 0.25) is 0 Å². The number of halogens is 3. The Bertz CT molecular complexity index is 1380. The molecular formula is C27H23F3N2O2. The Labute approximate surface area is 195 Å². The molecule has 3 aromatic carbocycles. The summed E-state index contributed by atoms with van der Waals surface area (Å²) in [6, 6.07) is 17.3. The van der Waals surface area contributed by atoms with Crippen LogP contribution in [0.15, 0.2) is 66.9 Å². The molecule has 0 saturated carbocycles. The van der Waals surface area contributed by atoms with Gasteiger partial charge in [0.1, 0.15) is 5.75 Å². The van der Waals surface area contributed by atoms with E-state index in [1.165, 1.54) is 19.2 Å². The van der Waals surface area contributed by atoms with E-state index < -0.39 is 11.7 Å². The van der Waals surface area contributed by atoms with E-state index in [9.17, 15) is 18.0 Å². The van der Waals surface area contributed by atoms with Crippen LogP contribution in [0.1, 0.15) is 29.2 Å². The lowest BCUT2D eigenvalue weighted by Crippen LogP contribution is -2.07. The van der Waals surface area contributed by atoms with E-state index in [0.29, 0.717) is 17.7 Å². The number of pyridine rings is 1. The Morgan fingerprint density at radius 2 is 1.76 bits per heavy atom. The molecule has 174 valence electrons. The van der Waals surface area contributed by atoms with Gasteiger partial charge in [-0.25, -0.2) is 0 Å². The molecule has 7 heteroatoms. The summed E-state index contributed by atoms with van der Waals surface area (Å²) in [5.41, 5.74) is 4.19. The van der Waals surface area contributed by atoms with Gasteiger partial charge in [0.25, 0.3) is 0 Å². The first kappa shape index (κ1) is 23.3. The van der Waals surface area contributed by atoms with Crippen LogP contribution in [0.4, 0.5) is 18.9 Å². The summed E-state index contributed by atoms with van der Waals surface area (Å²) in [5, 5.41) is 3.82. The van der Waals surface area contributed by atoms with Crippen LogP contribution in [0, 0.1) is 13.8 Å². The third-order valence-electron chi connectivity index (χ3n) is 5.53. The van der Waals surface area contributed by atoms with Crippen molar-refractivity contribution in [2.75, 3.05) is 5.32 Å². The number of fused-ring (bicyclic) bond motifs is 1. The lowest BCUT2D eigenvalue weighted by atomic mass is 9.95. The fourth-order valence-corrected chi connectivity index (χ4v) is 4.01. The SMILES string of the molecule is CC(=O)Oc1ccc(CNc2cccc(-c3c(C)cnc4c(C(F)(F)F)cccc34)c2)cc1C. The van der Waals surface area contributed by atoms with E-state index >= 15 is 0 Å². The van der Waals surface area contributed by atoms with Gasteiger partial charge in [-0.2, -0.15) is 13.2 Å². The number of benzene rings is 3. The van der Waals surface area contributed by atoms with Gasteiger partial charge in [-0.15, -0.1) is 0 Å². The Hall–Kier alpha value is -3.87. The fraction of sp³-hybridized carbons (Fsp3) is 0.185. The van der Waals surface area contributed by atoms with Gasteiger partial charge in [-0.1, -0.05) is 36.4 Å². The molecule has 0 bridgehead atoms. The molecule has 34 heavy (non-hydrogen) atoms. The predicted molar refractivity (Wildman–Crippen MR) is 127 cm³/mol. The summed E-state index contributed by atoms with van der Waals surface area (Å²) in [6.07, 6.45) is -2.99. The third kappa shape index (κ3) is 4.88. The number of esters is 1. The topological polar surface area (TPSA) is 51.2 Å². The van der Waals surface area contributed by atoms with E-state index in [2.05, 4.69) is 10.3 Å². The first-order chi connectivity index (χ1) is 16.1. The highest BCUT2D eigenvalue weighted by Gasteiger charge is 2.33. The first-order valence-electron chi connectivity index (χ1n) is 10.7. The minimum atomic E-state index is -4.48. The summed E-state index contributed by atoms with van der Waals surface area (Å²) < 4.78 is 45.7. The molecule has 0 amide bonds. The monoisotopic (exact) mass is 464 g/mol. The zero-order chi connectivity index (χ0) is 24.5. The van der Waals surface area contributed by atoms with Crippen molar-refractivity contribution in [2.24, 2.45) is 0 Å². The molecule has 0 aliphatic rings. The highest BCUT2D eigenvalue weighted by atomic mass is 19.4. The lowest BCUT2D eigenvalue weighted by Gasteiger charge is -2.15. The number of anilines is 1. The molecule has 0 spiro atoms. The Morgan fingerprint density at radius 1 is 1.00 bits per heavy atom. The summed E-state index contributed by atoms with van der Waals surface area (Å²) in [7, 11) is 0. The maximum atomic E-state index is 13.5. The minimum absolute atomic E-state index is 0.0580. The average Bonchev–Trinajstić information content (AvgIpc) is 2.78. The number of ether oxygens (including phenoxy) is 1. The van der Waals surface area contributed by atoms with Crippen molar-refractivity contribution in [2.45, 2.75) is 33.5 Å². The maximum absolute atomic E-state index is 13.5. The largest absolute Gasteiger partial charge is 0.426 e. The molecular weight excluding hydrogens is 441 g/mol. The molecule has 0 unspecified atom stereocenters. The molecule has 1 N–H and O–H groups in total. The molecule has 0 atom stereocenters. The van der Waals surface area contributed by atoms with Gasteiger partial charge >= 0.3 is 12.1 Å². The number of carbonyl (C=O) groups excluding carboxylic acids is 1. The normalized spacial score (nSPS) is 11.5. The maximum Gasteiger partial charge on any atom is 0.418 e. The number of rotatable bonds is 5. The Balaban J connectivity index is 1.64. The molecule has 1 heterocycles. The van der Waals surface area contributed by atoms with Crippen molar-refractivity contribution < 1.29 is 22.7 Å². The number of aromatic nitrogens is 1. The zero-order valence-electron chi connectivity index (χ0n) is 19.0. The van der Waals surface area contributed by atoms with E-state index in [4.69, 9.17) is 4.74 Å². The van der Waals surface area contributed by atoms with Crippen molar-refractivity contribution >= 4 is 22.6 Å². The van der Waals surface area contributed by atoms with Crippen molar-refractivity contribution in [3.63, 3.8) is 0 Å². The van der Waals surface area contributed by atoms with Crippen molar-refractivity contribution in [1.29, 1.82) is 0 Å². The average molecular weight is 464 g/mol. The van der Waals surface area contributed by atoms with Crippen LogP contribution in [0.3, 0.4) is 0 Å². The molecule has 4 aromatic rings. The number of nitrogens with zero attached hydrogens (tertiary/aromatic N) is 1. The fourth-order valence-electron chi connectivity index (χ4n) is 4.01. The van der Waals surface area contributed by atoms with E-state index in [0.717, 1.165) is 39.6 Å². The van der Waals surface area contributed by atoms with Crippen molar-refractivity contribution in [3.05, 3.63) is 89.1 Å². The lowest BCUT2D eigenvalue weighted by molar-refractivity contribution is -0.136. The molecule has 0 fully saturated rings. The number of alkyl halides is 3. The number of para-hydroxylation sites is 1. The second kappa shape index (κ2) is 9.17. The van der Waals surface area contributed by atoms with Crippen LogP contribution in [0.25, 0.3) is 22.0 Å². The van der Waals surface area contributed by atoms with Gasteiger partial charge in [0.05, 0.1) is 11.1 Å². The van der Waals surface area contributed by atoms with Gasteiger partial charge in [0.15, 0.2) is 0 Å². The first-order valence-corrected chi connectivity index (χ1v) is 10.7. The smallest absolute Gasteiger partial charge is 0.418 e. The summed E-state index contributed by atoms with van der Waals surface area (Å²) in [4.78, 5) is 15.3. The molecule has 4 rings (SSSR count). The van der Waals surface area contributed by atoms with E-state index in [1.807, 2.05) is 50.2 Å². The molecule has 0 radical (unpaired) electrons.